The molecule has 6 nitrogen and oxygen atoms in total. The first-order valence-electron chi connectivity index (χ1n) is 8.09. The van der Waals surface area contributed by atoms with Gasteiger partial charge >= 0.3 is 12.1 Å². The Morgan fingerprint density at radius 1 is 1.12 bits per heavy atom. The summed E-state index contributed by atoms with van der Waals surface area (Å²) in [5.74, 6) is -1.26. The zero-order valence-electron chi connectivity index (χ0n) is 13.8. The third-order valence-corrected chi connectivity index (χ3v) is 4.41. The summed E-state index contributed by atoms with van der Waals surface area (Å²) in [5, 5.41) is 11.4. The number of hydrogen-bond donors (Lipinski definition) is 3. The third-order valence-electron chi connectivity index (χ3n) is 4.41. The Kier molecular flexibility index (Phi) is 4.72. The normalized spacial score (nSPS) is 15.0. The molecule has 130 valence electrons. The van der Waals surface area contributed by atoms with Crippen LogP contribution in [-0.4, -0.2) is 35.9 Å². The van der Waals surface area contributed by atoms with Crippen molar-refractivity contribution in [2.24, 2.45) is 5.73 Å². The molecule has 0 bridgehead atoms. The number of aliphatic carboxylic acids is 1. The van der Waals surface area contributed by atoms with E-state index in [1.54, 1.807) is 0 Å². The van der Waals surface area contributed by atoms with Crippen LogP contribution in [0.4, 0.5) is 4.79 Å². The van der Waals surface area contributed by atoms with Crippen LogP contribution in [0.1, 0.15) is 24.0 Å². The summed E-state index contributed by atoms with van der Waals surface area (Å²) >= 11 is 0. The summed E-state index contributed by atoms with van der Waals surface area (Å²) in [4.78, 5) is 23.1. The minimum absolute atomic E-state index is 0.0725. The molecule has 0 fully saturated rings. The molecule has 0 unspecified atom stereocenters. The Bertz CT molecular complexity index is 758. The lowest BCUT2D eigenvalue weighted by Gasteiger charge is -2.19. The van der Waals surface area contributed by atoms with Crippen molar-refractivity contribution in [3.63, 3.8) is 0 Å². The minimum atomic E-state index is -1.19. The molecule has 0 aromatic heterocycles. The lowest BCUT2D eigenvalue weighted by atomic mass is 9.98. The molecule has 0 saturated carbocycles. The van der Waals surface area contributed by atoms with Gasteiger partial charge in [0.1, 0.15) is 12.6 Å². The van der Waals surface area contributed by atoms with Gasteiger partial charge in [-0.2, -0.15) is 0 Å². The second kappa shape index (κ2) is 6.94. The van der Waals surface area contributed by atoms with Crippen molar-refractivity contribution in [3.8, 4) is 11.1 Å². The van der Waals surface area contributed by atoms with Crippen molar-refractivity contribution in [3.05, 3.63) is 59.7 Å². The Morgan fingerprint density at radius 2 is 1.64 bits per heavy atom. The maximum Gasteiger partial charge on any atom is 0.407 e. The minimum Gasteiger partial charge on any atom is -0.480 e. The fourth-order valence-electron chi connectivity index (χ4n) is 3.19. The fourth-order valence-corrected chi connectivity index (χ4v) is 3.19. The van der Waals surface area contributed by atoms with Gasteiger partial charge in [0.05, 0.1) is 0 Å². The standard InChI is InChI=1S/C19H20N2O4/c1-11(20)17(18(22)23)21-19(24)25-10-16-14-8-4-2-6-12(14)13-7-3-5-9-15(13)16/h2-9,11,16-17H,10,20H2,1H3,(H,21,24)(H,22,23)/t11-,17-/m1/s1. The molecule has 0 saturated heterocycles. The van der Waals surface area contributed by atoms with Crippen LogP contribution in [0.2, 0.25) is 0 Å². The molecule has 1 amide bonds. The van der Waals surface area contributed by atoms with Gasteiger partial charge in [-0.3, -0.25) is 0 Å². The number of amides is 1. The highest BCUT2D eigenvalue weighted by Gasteiger charge is 2.30. The fraction of sp³-hybridized carbons (Fsp3) is 0.263. The largest absolute Gasteiger partial charge is 0.480 e. The summed E-state index contributed by atoms with van der Waals surface area (Å²) in [6, 6.07) is 14.1. The number of rotatable bonds is 5. The molecule has 2 aromatic rings. The van der Waals surface area contributed by atoms with Crippen LogP contribution in [0.15, 0.2) is 48.5 Å². The SMILES string of the molecule is C[C@@H](N)[C@@H](NC(=O)OCC1c2ccccc2-c2ccccc21)C(=O)O. The molecule has 0 radical (unpaired) electrons. The number of carboxylic acids is 1. The number of carbonyl (C=O) groups excluding carboxylic acids is 1. The number of fused-ring (bicyclic) bond motifs is 3. The van der Waals surface area contributed by atoms with Crippen LogP contribution in [0.25, 0.3) is 11.1 Å². The van der Waals surface area contributed by atoms with Crippen molar-refractivity contribution < 1.29 is 19.4 Å². The first-order chi connectivity index (χ1) is 12.0. The average molecular weight is 340 g/mol. The number of alkyl carbamates (subject to hydrolysis) is 1. The predicted octanol–water partition coefficient (Wildman–Crippen LogP) is 2.33. The molecule has 6 heteroatoms. The molecule has 2 aromatic carbocycles. The monoisotopic (exact) mass is 340 g/mol. The van der Waals surface area contributed by atoms with Crippen LogP contribution >= 0.6 is 0 Å². The molecule has 1 aliphatic carbocycles. The van der Waals surface area contributed by atoms with Gasteiger partial charge in [-0.1, -0.05) is 48.5 Å². The van der Waals surface area contributed by atoms with E-state index in [0.717, 1.165) is 22.3 Å². The van der Waals surface area contributed by atoms with Crippen LogP contribution in [0.3, 0.4) is 0 Å². The maximum atomic E-state index is 12.0. The Labute approximate surface area is 145 Å². The third kappa shape index (κ3) is 3.34. The van der Waals surface area contributed by atoms with Crippen molar-refractivity contribution >= 4 is 12.1 Å². The van der Waals surface area contributed by atoms with E-state index in [0.29, 0.717) is 0 Å². The predicted molar refractivity (Wildman–Crippen MR) is 93.3 cm³/mol. The van der Waals surface area contributed by atoms with Gasteiger partial charge in [-0.15, -0.1) is 0 Å². The van der Waals surface area contributed by atoms with E-state index in [9.17, 15) is 9.59 Å². The molecular weight excluding hydrogens is 320 g/mol. The summed E-state index contributed by atoms with van der Waals surface area (Å²) in [7, 11) is 0. The van der Waals surface area contributed by atoms with E-state index in [2.05, 4.69) is 5.32 Å². The van der Waals surface area contributed by atoms with Gasteiger partial charge in [0.15, 0.2) is 0 Å². The van der Waals surface area contributed by atoms with E-state index in [1.165, 1.54) is 6.92 Å². The van der Waals surface area contributed by atoms with E-state index in [1.807, 2.05) is 48.5 Å². The molecule has 3 rings (SSSR count). The smallest absolute Gasteiger partial charge is 0.407 e. The maximum absolute atomic E-state index is 12.0. The van der Waals surface area contributed by atoms with Crippen molar-refractivity contribution in [1.29, 1.82) is 0 Å². The lowest BCUT2D eigenvalue weighted by Crippen LogP contribution is -2.51. The summed E-state index contributed by atoms with van der Waals surface area (Å²) in [5.41, 5.74) is 10.0. The first kappa shape index (κ1) is 17.0. The number of carboxylic acid groups (broad SMARTS) is 1. The summed E-state index contributed by atoms with van der Waals surface area (Å²) < 4.78 is 5.30. The zero-order chi connectivity index (χ0) is 18.0. The van der Waals surface area contributed by atoms with E-state index in [4.69, 9.17) is 15.6 Å². The van der Waals surface area contributed by atoms with Gasteiger partial charge in [0.2, 0.25) is 0 Å². The second-order valence-electron chi connectivity index (χ2n) is 6.14. The molecule has 0 heterocycles. The van der Waals surface area contributed by atoms with Gasteiger partial charge in [0.25, 0.3) is 0 Å². The molecule has 2 atom stereocenters. The Balaban J connectivity index is 1.73. The highest BCUT2D eigenvalue weighted by molar-refractivity contribution is 5.81. The quantitative estimate of drug-likeness (QED) is 0.775. The van der Waals surface area contributed by atoms with Gasteiger partial charge in [-0.05, 0) is 29.2 Å². The highest BCUT2D eigenvalue weighted by Crippen LogP contribution is 2.44. The number of benzene rings is 2. The molecular formula is C19H20N2O4. The number of ether oxygens (including phenoxy) is 1. The summed E-state index contributed by atoms with van der Waals surface area (Å²) in [6.45, 7) is 1.65. The van der Waals surface area contributed by atoms with E-state index >= 15 is 0 Å². The molecule has 0 aliphatic heterocycles. The first-order valence-corrected chi connectivity index (χ1v) is 8.09. The van der Waals surface area contributed by atoms with Gasteiger partial charge < -0.3 is 20.9 Å². The molecule has 1 aliphatic rings. The van der Waals surface area contributed by atoms with E-state index in [-0.39, 0.29) is 12.5 Å². The number of nitrogens with two attached hydrogens (primary N) is 1. The van der Waals surface area contributed by atoms with Crippen molar-refractivity contribution in [2.45, 2.75) is 24.9 Å². The highest BCUT2D eigenvalue weighted by atomic mass is 16.5. The van der Waals surface area contributed by atoms with E-state index < -0.39 is 24.1 Å². The number of nitrogens with one attached hydrogen (secondary N) is 1. The van der Waals surface area contributed by atoms with Gasteiger partial charge in [0, 0.05) is 12.0 Å². The summed E-state index contributed by atoms with van der Waals surface area (Å²) in [6.07, 6.45) is -0.786. The molecule has 25 heavy (non-hydrogen) atoms. The van der Waals surface area contributed by atoms with Crippen LogP contribution < -0.4 is 11.1 Å². The van der Waals surface area contributed by atoms with Crippen molar-refractivity contribution in [2.75, 3.05) is 6.61 Å². The second-order valence-corrected chi connectivity index (χ2v) is 6.14. The Morgan fingerprint density at radius 3 is 2.12 bits per heavy atom. The zero-order valence-corrected chi connectivity index (χ0v) is 13.8. The number of carbonyl (C=O) groups is 2. The number of hydrogen-bond acceptors (Lipinski definition) is 4. The van der Waals surface area contributed by atoms with Gasteiger partial charge in [-0.25, -0.2) is 9.59 Å². The molecule has 0 spiro atoms. The topological polar surface area (TPSA) is 102 Å². The van der Waals surface area contributed by atoms with Crippen molar-refractivity contribution in [1.82, 2.24) is 5.32 Å². The van der Waals surface area contributed by atoms with Crippen LogP contribution in [-0.2, 0) is 9.53 Å². The molecule has 4 N–H and O–H groups in total. The van der Waals surface area contributed by atoms with Crippen LogP contribution in [0.5, 0.6) is 0 Å². The Hall–Kier alpha value is -2.86. The van der Waals surface area contributed by atoms with Crippen LogP contribution in [0, 0.1) is 0 Å². The average Bonchev–Trinajstić information content (AvgIpc) is 2.91. The lowest BCUT2D eigenvalue weighted by molar-refractivity contribution is -0.139.